The number of nitrogens with zero attached hydrogens (tertiary/aromatic N) is 5. The maximum atomic E-state index is 16.5. The number of halogens is 2. The number of pyridine rings is 3. The van der Waals surface area contributed by atoms with Gasteiger partial charge in [-0.05, 0) is 86.8 Å². The number of allylic oxidation sites excluding steroid dienone is 3. The van der Waals surface area contributed by atoms with Crippen LogP contribution in [0.2, 0.25) is 0 Å². The van der Waals surface area contributed by atoms with Crippen LogP contribution in [0.25, 0.3) is 28.3 Å². The molecule has 6 rings (SSSR count). The summed E-state index contributed by atoms with van der Waals surface area (Å²) in [5.74, 6) is 6.73. The molecule has 0 saturated carbocycles. The molecule has 5 nitrogen and oxygen atoms in total. The summed E-state index contributed by atoms with van der Waals surface area (Å²) < 4.78 is 35.5. The van der Waals surface area contributed by atoms with E-state index in [1.165, 1.54) is 8.96 Å². The van der Waals surface area contributed by atoms with Crippen molar-refractivity contribution < 1.29 is 13.1 Å². The predicted octanol–water partition coefficient (Wildman–Crippen LogP) is 7.40. The van der Waals surface area contributed by atoms with Crippen LogP contribution in [0.5, 0.6) is 0 Å². The highest BCUT2D eigenvalue weighted by atomic mass is 19.2. The van der Waals surface area contributed by atoms with Crippen molar-refractivity contribution in [2.45, 2.75) is 54.4 Å². The number of hydrogen-bond donors (Lipinski definition) is 0. The van der Waals surface area contributed by atoms with Crippen molar-refractivity contribution in [3.63, 3.8) is 0 Å². The van der Waals surface area contributed by atoms with Gasteiger partial charge in [0.15, 0.2) is 5.70 Å². The second kappa shape index (κ2) is 10.3. The van der Waals surface area contributed by atoms with Crippen molar-refractivity contribution in [1.29, 1.82) is 0 Å². The van der Waals surface area contributed by atoms with E-state index in [4.69, 9.17) is 4.98 Å². The van der Waals surface area contributed by atoms with E-state index in [1.54, 1.807) is 26.2 Å². The van der Waals surface area contributed by atoms with Crippen molar-refractivity contribution >= 4 is 18.3 Å². The predicted molar refractivity (Wildman–Crippen MR) is 165 cm³/mol. The fourth-order valence-electron chi connectivity index (χ4n) is 6.63. The van der Waals surface area contributed by atoms with Crippen LogP contribution in [0.1, 0.15) is 62.2 Å². The molecule has 0 aliphatic carbocycles. The molecular formula is C34H32BF2N5. The third-order valence-corrected chi connectivity index (χ3v) is 8.51. The van der Waals surface area contributed by atoms with Gasteiger partial charge in [-0.1, -0.05) is 37.8 Å². The Balaban J connectivity index is 1.63. The van der Waals surface area contributed by atoms with E-state index in [2.05, 4.69) is 21.8 Å². The molecule has 0 atom stereocenters. The van der Waals surface area contributed by atoms with Gasteiger partial charge >= 0.3 is 6.97 Å². The molecule has 0 amide bonds. The van der Waals surface area contributed by atoms with Crippen molar-refractivity contribution in [1.82, 2.24) is 19.4 Å². The molecule has 6 heterocycles. The number of hydrogen-bond acceptors (Lipinski definition) is 3. The van der Waals surface area contributed by atoms with Gasteiger partial charge < -0.3 is 17.6 Å². The fraction of sp³-hybridized carbons (Fsp3) is 0.235. The van der Waals surface area contributed by atoms with Gasteiger partial charge in [0.05, 0.1) is 22.8 Å². The zero-order valence-electron chi connectivity index (χ0n) is 24.8. The summed E-state index contributed by atoms with van der Waals surface area (Å²) in [4.78, 5) is 13.8. The second-order valence-corrected chi connectivity index (χ2v) is 10.8. The van der Waals surface area contributed by atoms with Crippen molar-refractivity contribution in [2.75, 3.05) is 0 Å². The number of fused-ring (bicyclic) bond motifs is 2. The van der Waals surface area contributed by atoms with Gasteiger partial charge in [-0.25, -0.2) is 4.98 Å². The Labute approximate surface area is 245 Å². The normalized spacial score (nSPS) is 15.5. The lowest BCUT2D eigenvalue weighted by Gasteiger charge is -2.32. The lowest BCUT2D eigenvalue weighted by molar-refractivity contribution is -0.363. The smallest absolute Gasteiger partial charge is 0.393 e. The highest BCUT2D eigenvalue weighted by Crippen LogP contribution is 2.44. The molecule has 4 aromatic heterocycles. The molecule has 0 bridgehead atoms. The average Bonchev–Trinajstić information content (AvgIpc) is 3.42. The molecule has 0 N–H and O–H groups in total. The van der Waals surface area contributed by atoms with E-state index < -0.39 is 6.97 Å². The summed E-state index contributed by atoms with van der Waals surface area (Å²) in [6.45, 7) is 7.42. The lowest BCUT2D eigenvalue weighted by Crippen LogP contribution is -2.51. The van der Waals surface area contributed by atoms with E-state index in [-0.39, 0.29) is 0 Å². The lowest BCUT2D eigenvalue weighted by atomic mass is 9.86. The van der Waals surface area contributed by atoms with Crippen LogP contribution >= 0.6 is 0 Å². The number of rotatable bonds is 4. The minimum absolute atomic E-state index is 0.515. The van der Waals surface area contributed by atoms with Crippen LogP contribution in [0.3, 0.4) is 0 Å². The molecule has 2 aliphatic rings. The largest absolute Gasteiger partial charge is 0.737 e. The van der Waals surface area contributed by atoms with Gasteiger partial charge in [0, 0.05) is 41.7 Å². The Kier molecular flexibility index (Phi) is 6.77. The van der Waals surface area contributed by atoms with Gasteiger partial charge in [-0.15, -0.1) is 0 Å². The summed E-state index contributed by atoms with van der Waals surface area (Å²) >= 11 is 0. The van der Waals surface area contributed by atoms with Gasteiger partial charge in [-0.3, -0.25) is 9.97 Å². The van der Waals surface area contributed by atoms with Crippen LogP contribution in [0.4, 0.5) is 8.63 Å². The average molecular weight is 559 g/mol. The minimum Gasteiger partial charge on any atom is -0.393 e. The maximum absolute atomic E-state index is 16.5. The maximum Gasteiger partial charge on any atom is 0.737 e. The highest BCUT2D eigenvalue weighted by molar-refractivity contribution is 6.58. The first-order valence-corrected chi connectivity index (χ1v) is 14.4. The van der Waals surface area contributed by atoms with E-state index >= 15 is 8.63 Å². The Morgan fingerprint density at radius 3 is 1.98 bits per heavy atom. The molecule has 210 valence electrons. The monoisotopic (exact) mass is 559 g/mol. The van der Waals surface area contributed by atoms with Crippen molar-refractivity contribution in [3.05, 3.63) is 106 Å². The standard InChI is InChI=1S/C34H32BF2N5/c1-7-26-21(3)33-28(34-22(4)27(8-2)24(6)42(34)35(36,37)41(33)23(26)5)16-15-25-19-31(29-13-9-11-17-38-29)40-32(20-25)30-14-10-12-18-39-30/h9-14,17-20H,7-8H2,1-6H3. The van der Waals surface area contributed by atoms with Crippen molar-refractivity contribution in [2.24, 2.45) is 0 Å². The molecule has 8 heteroatoms. The van der Waals surface area contributed by atoms with E-state index in [9.17, 15) is 0 Å². The van der Waals surface area contributed by atoms with Crippen molar-refractivity contribution in [3.8, 4) is 34.6 Å². The first-order valence-electron chi connectivity index (χ1n) is 14.4. The zero-order chi connectivity index (χ0) is 29.8. The quantitative estimate of drug-likeness (QED) is 0.193. The Hall–Kier alpha value is -4.64. The summed E-state index contributed by atoms with van der Waals surface area (Å²) in [6.07, 6.45) is 4.79. The summed E-state index contributed by atoms with van der Waals surface area (Å²) in [5.41, 5.74) is 9.93. The van der Waals surface area contributed by atoms with Crippen LogP contribution < -0.4 is 0 Å². The van der Waals surface area contributed by atoms with Gasteiger partial charge in [0.1, 0.15) is 11.3 Å². The SMILES string of the molecule is CCC1=C(C)C2=C(C#Cc3cc(-c4ccccn4)nc(-c4ccccn4)c3)c3c(C)c(CC)c(C)n3[B-](F)(F)[N+]2=C1C. The zero-order valence-corrected chi connectivity index (χ0v) is 24.8. The molecule has 2 aliphatic heterocycles. The van der Waals surface area contributed by atoms with Crippen LogP contribution in [0, 0.1) is 25.7 Å². The third kappa shape index (κ3) is 4.15. The third-order valence-electron chi connectivity index (χ3n) is 8.51. The molecule has 0 fully saturated rings. The molecule has 0 radical (unpaired) electrons. The Morgan fingerprint density at radius 2 is 1.45 bits per heavy atom. The first kappa shape index (κ1) is 27.5. The van der Waals surface area contributed by atoms with Crippen LogP contribution in [0.15, 0.2) is 77.8 Å². The molecule has 42 heavy (non-hydrogen) atoms. The molecule has 0 unspecified atom stereocenters. The highest BCUT2D eigenvalue weighted by Gasteiger charge is 2.56. The first-order chi connectivity index (χ1) is 20.2. The summed E-state index contributed by atoms with van der Waals surface area (Å²) in [6, 6.07) is 15.1. The Bertz CT molecular complexity index is 1850. The Morgan fingerprint density at radius 1 is 0.833 bits per heavy atom. The minimum atomic E-state index is -4.09. The molecule has 4 aromatic rings. The van der Waals surface area contributed by atoms with Crippen LogP contribution in [-0.4, -0.2) is 36.6 Å². The van der Waals surface area contributed by atoms with Gasteiger partial charge in [0.25, 0.3) is 0 Å². The fourth-order valence-corrected chi connectivity index (χ4v) is 6.63. The van der Waals surface area contributed by atoms with E-state index in [0.717, 1.165) is 22.3 Å². The van der Waals surface area contributed by atoms with Crippen LogP contribution in [-0.2, 0) is 6.42 Å². The molecule has 0 saturated heterocycles. The van der Waals surface area contributed by atoms with Gasteiger partial charge in [-0.2, -0.15) is 0 Å². The molecule has 0 aromatic carbocycles. The second-order valence-electron chi connectivity index (χ2n) is 10.8. The molecular weight excluding hydrogens is 527 g/mol. The van der Waals surface area contributed by atoms with E-state index in [0.29, 0.717) is 69.6 Å². The summed E-state index contributed by atoms with van der Waals surface area (Å²) in [5, 5.41) is 0. The van der Waals surface area contributed by atoms with E-state index in [1.807, 2.05) is 76.2 Å². The topological polar surface area (TPSA) is 46.6 Å². The summed E-state index contributed by atoms with van der Waals surface area (Å²) in [7, 11) is 0. The number of aromatic nitrogens is 4. The molecule has 0 spiro atoms. The van der Waals surface area contributed by atoms with Gasteiger partial charge in [0.2, 0.25) is 0 Å².